The van der Waals surface area contributed by atoms with Gasteiger partial charge in [0.25, 0.3) is 0 Å². The monoisotopic (exact) mass is 207 g/mol. The molecule has 5 heteroatoms. The van der Waals surface area contributed by atoms with Crippen molar-refractivity contribution in [1.29, 1.82) is 0 Å². The van der Waals surface area contributed by atoms with Crippen LogP contribution in [0.15, 0.2) is 24.5 Å². The summed E-state index contributed by atoms with van der Waals surface area (Å²) in [6, 6.07) is 3.29. The van der Waals surface area contributed by atoms with E-state index in [9.17, 15) is 4.79 Å². The van der Waals surface area contributed by atoms with Crippen LogP contribution < -0.4 is 0 Å². The first kappa shape index (κ1) is 11.2. The zero-order valence-electron chi connectivity index (χ0n) is 8.97. The molecule has 0 aliphatic carbocycles. The van der Waals surface area contributed by atoms with E-state index in [1.54, 1.807) is 24.5 Å². The zero-order valence-corrected chi connectivity index (χ0v) is 8.97. The van der Waals surface area contributed by atoms with Crippen molar-refractivity contribution < 1.29 is 9.53 Å². The predicted octanol–water partition coefficient (Wildman–Crippen LogP) is 1.54. The molecule has 0 aromatic carbocycles. The van der Waals surface area contributed by atoms with Gasteiger partial charge < -0.3 is 4.74 Å². The summed E-state index contributed by atoms with van der Waals surface area (Å²) < 4.78 is 6.05. The Balaban J connectivity index is 0.000000531. The second-order valence-electron chi connectivity index (χ2n) is 2.44. The zero-order chi connectivity index (χ0) is 11.3. The second-order valence-corrected chi connectivity index (χ2v) is 2.44. The molecule has 0 fully saturated rings. The predicted molar refractivity (Wildman–Crippen MR) is 55.7 cm³/mol. The number of nitrogens with zero attached hydrogens (tertiary/aromatic N) is 3. The van der Waals surface area contributed by atoms with Crippen LogP contribution in [-0.2, 0) is 4.74 Å². The molecule has 0 aliphatic heterocycles. The van der Waals surface area contributed by atoms with E-state index in [0.29, 0.717) is 5.65 Å². The van der Waals surface area contributed by atoms with Crippen molar-refractivity contribution in [3.8, 4) is 0 Å². The van der Waals surface area contributed by atoms with Gasteiger partial charge in [-0.1, -0.05) is 13.8 Å². The highest BCUT2D eigenvalue weighted by Gasteiger charge is 2.07. The largest absolute Gasteiger partial charge is 0.464 e. The molecule has 0 saturated heterocycles. The molecule has 0 radical (unpaired) electrons. The molecule has 2 rings (SSSR count). The summed E-state index contributed by atoms with van der Waals surface area (Å²) in [6.45, 7) is 4.00. The molecule has 0 atom stereocenters. The lowest BCUT2D eigenvalue weighted by atomic mass is 10.4. The fourth-order valence-corrected chi connectivity index (χ4v) is 1.03. The number of rotatable bonds is 1. The SMILES string of the molecule is CC.COC(=O)c1ccc2nccn2n1. The number of ether oxygens (including phenoxy) is 1. The Labute approximate surface area is 87.7 Å². The third-order valence-electron chi connectivity index (χ3n) is 1.65. The van der Waals surface area contributed by atoms with E-state index in [2.05, 4.69) is 14.8 Å². The summed E-state index contributed by atoms with van der Waals surface area (Å²) in [5.41, 5.74) is 0.973. The van der Waals surface area contributed by atoms with Crippen LogP contribution in [0.4, 0.5) is 0 Å². The van der Waals surface area contributed by atoms with Gasteiger partial charge in [0.2, 0.25) is 0 Å². The van der Waals surface area contributed by atoms with Crippen molar-refractivity contribution in [3.05, 3.63) is 30.2 Å². The Bertz CT molecular complexity index is 451. The van der Waals surface area contributed by atoms with Gasteiger partial charge in [0, 0.05) is 12.4 Å². The van der Waals surface area contributed by atoms with Crippen molar-refractivity contribution >= 4 is 11.6 Å². The number of esters is 1. The molecule has 0 aliphatic rings. The minimum absolute atomic E-state index is 0.271. The van der Waals surface area contributed by atoms with Crippen LogP contribution in [0.25, 0.3) is 5.65 Å². The summed E-state index contributed by atoms with van der Waals surface area (Å²) in [5, 5.41) is 3.99. The molecule has 0 bridgehead atoms. The van der Waals surface area contributed by atoms with Crippen molar-refractivity contribution in [3.63, 3.8) is 0 Å². The van der Waals surface area contributed by atoms with Gasteiger partial charge >= 0.3 is 5.97 Å². The van der Waals surface area contributed by atoms with Gasteiger partial charge in [-0.15, -0.1) is 0 Å². The Morgan fingerprint density at radius 2 is 2.13 bits per heavy atom. The van der Waals surface area contributed by atoms with Gasteiger partial charge in [-0.05, 0) is 12.1 Å². The van der Waals surface area contributed by atoms with Gasteiger partial charge in [0.05, 0.1) is 7.11 Å². The first-order chi connectivity index (χ1) is 7.31. The average molecular weight is 207 g/mol. The van der Waals surface area contributed by atoms with Gasteiger partial charge in [-0.2, -0.15) is 5.10 Å². The molecule has 2 heterocycles. The summed E-state index contributed by atoms with van der Waals surface area (Å²) in [5.74, 6) is -0.449. The lowest BCUT2D eigenvalue weighted by molar-refractivity contribution is 0.0592. The molecule has 5 nitrogen and oxygen atoms in total. The van der Waals surface area contributed by atoms with E-state index in [-0.39, 0.29) is 5.69 Å². The van der Waals surface area contributed by atoms with Crippen molar-refractivity contribution in [1.82, 2.24) is 14.6 Å². The first-order valence-electron chi connectivity index (χ1n) is 4.70. The minimum Gasteiger partial charge on any atom is -0.464 e. The minimum atomic E-state index is -0.449. The summed E-state index contributed by atoms with van der Waals surface area (Å²) in [6.07, 6.45) is 3.28. The van der Waals surface area contributed by atoms with Gasteiger partial charge in [0.1, 0.15) is 0 Å². The van der Waals surface area contributed by atoms with Gasteiger partial charge in [-0.25, -0.2) is 14.3 Å². The third-order valence-corrected chi connectivity index (χ3v) is 1.65. The number of imidazole rings is 1. The fourth-order valence-electron chi connectivity index (χ4n) is 1.03. The van der Waals surface area contributed by atoms with E-state index in [1.165, 1.54) is 11.6 Å². The maximum atomic E-state index is 11.1. The quantitative estimate of drug-likeness (QED) is 0.665. The maximum absolute atomic E-state index is 11.1. The average Bonchev–Trinajstić information content (AvgIpc) is 2.77. The van der Waals surface area contributed by atoms with Crippen LogP contribution in [0.1, 0.15) is 24.3 Å². The number of methoxy groups -OCH3 is 1. The van der Waals surface area contributed by atoms with Gasteiger partial charge in [0.15, 0.2) is 11.3 Å². The maximum Gasteiger partial charge on any atom is 0.358 e. The molecule has 15 heavy (non-hydrogen) atoms. The van der Waals surface area contributed by atoms with Crippen LogP contribution in [0, 0.1) is 0 Å². The normalized spacial score (nSPS) is 9.27. The Morgan fingerprint density at radius 3 is 2.80 bits per heavy atom. The smallest absolute Gasteiger partial charge is 0.358 e. The summed E-state index contributed by atoms with van der Waals surface area (Å²) in [4.78, 5) is 15.1. The second kappa shape index (κ2) is 5.09. The number of hydrogen-bond donors (Lipinski definition) is 0. The van der Waals surface area contributed by atoms with E-state index >= 15 is 0 Å². The summed E-state index contributed by atoms with van der Waals surface area (Å²) >= 11 is 0. The third kappa shape index (κ3) is 2.31. The molecule has 0 spiro atoms. The molecule has 0 amide bonds. The number of fused-ring (bicyclic) bond motifs is 1. The topological polar surface area (TPSA) is 56.5 Å². The first-order valence-corrected chi connectivity index (χ1v) is 4.70. The van der Waals surface area contributed by atoms with Crippen LogP contribution in [0.5, 0.6) is 0 Å². The number of hydrogen-bond acceptors (Lipinski definition) is 4. The molecular formula is C10H13N3O2. The highest BCUT2D eigenvalue weighted by molar-refractivity contribution is 5.87. The van der Waals surface area contributed by atoms with Gasteiger partial charge in [-0.3, -0.25) is 0 Å². The highest BCUT2D eigenvalue weighted by atomic mass is 16.5. The van der Waals surface area contributed by atoms with Crippen LogP contribution in [0.2, 0.25) is 0 Å². The Morgan fingerprint density at radius 1 is 1.40 bits per heavy atom. The lowest BCUT2D eigenvalue weighted by Gasteiger charge is -1.97. The van der Waals surface area contributed by atoms with Crippen molar-refractivity contribution in [2.24, 2.45) is 0 Å². The lowest BCUT2D eigenvalue weighted by Crippen LogP contribution is -2.06. The molecule has 2 aromatic heterocycles. The standard InChI is InChI=1S/C8H7N3O2.C2H6/c1-13-8(12)6-2-3-7-9-4-5-11(7)10-6;1-2/h2-5H,1H3;1-2H3. The highest BCUT2D eigenvalue weighted by Crippen LogP contribution is 2.01. The number of carbonyl (C=O) groups excluding carboxylic acids is 1. The number of aromatic nitrogens is 3. The van der Waals surface area contributed by atoms with Crippen LogP contribution >= 0.6 is 0 Å². The Hall–Kier alpha value is -1.91. The molecule has 0 unspecified atom stereocenters. The Kier molecular flexibility index (Phi) is 3.79. The molecular weight excluding hydrogens is 194 g/mol. The summed E-state index contributed by atoms with van der Waals surface area (Å²) in [7, 11) is 1.32. The fraction of sp³-hybridized carbons (Fsp3) is 0.300. The van der Waals surface area contributed by atoms with E-state index in [1.807, 2.05) is 13.8 Å². The van der Waals surface area contributed by atoms with Crippen molar-refractivity contribution in [2.45, 2.75) is 13.8 Å². The van der Waals surface area contributed by atoms with Crippen LogP contribution in [-0.4, -0.2) is 27.7 Å². The van der Waals surface area contributed by atoms with Crippen molar-refractivity contribution in [2.75, 3.05) is 7.11 Å². The molecule has 0 N–H and O–H groups in total. The molecule has 0 saturated carbocycles. The van der Waals surface area contributed by atoms with E-state index in [0.717, 1.165) is 0 Å². The van der Waals surface area contributed by atoms with E-state index in [4.69, 9.17) is 0 Å². The molecule has 80 valence electrons. The van der Waals surface area contributed by atoms with Crippen LogP contribution in [0.3, 0.4) is 0 Å². The molecule has 2 aromatic rings. The van der Waals surface area contributed by atoms with E-state index < -0.39 is 5.97 Å². The number of carbonyl (C=O) groups is 1.